The van der Waals surface area contributed by atoms with Crippen LogP contribution in [0.5, 0.6) is 0 Å². The predicted octanol–water partition coefficient (Wildman–Crippen LogP) is 1.80. The number of carboxylic acid groups (broad SMARTS) is 1. The van der Waals surface area contributed by atoms with Crippen LogP contribution in [0.2, 0.25) is 0 Å². The summed E-state index contributed by atoms with van der Waals surface area (Å²) < 4.78 is 5.25. The molecule has 1 aliphatic rings. The van der Waals surface area contributed by atoms with Crippen molar-refractivity contribution in [1.29, 1.82) is 0 Å². The van der Waals surface area contributed by atoms with Gasteiger partial charge in [0.05, 0.1) is 19.3 Å². The minimum atomic E-state index is -0.911. The molecule has 1 heterocycles. The molecule has 0 bridgehead atoms. The Hall–Kier alpha value is -1.30. The summed E-state index contributed by atoms with van der Waals surface area (Å²) >= 11 is 0. The number of nitrogens with one attached hydrogen (secondary N) is 1. The lowest BCUT2D eigenvalue weighted by Gasteiger charge is -2.33. The second kappa shape index (κ2) is 7.11. The summed E-state index contributed by atoms with van der Waals surface area (Å²) in [4.78, 5) is 25.2. The maximum Gasteiger partial charge on any atom is 0.317 e. The van der Waals surface area contributed by atoms with Crippen molar-refractivity contribution in [1.82, 2.24) is 10.2 Å². The Morgan fingerprint density at radius 1 is 1.38 bits per heavy atom. The van der Waals surface area contributed by atoms with E-state index in [9.17, 15) is 14.7 Å². The van der Waals surface area contributed by atoms with Crippen LogP contribution in [0.4, 0.5) is 4.79 Å². The van der Waals surface area contributed by atoms with E-state index in [0.717, 1.165) is 0 Å². The molecule has 0 saturated carbocycles. The number of amides is 2. The molecule has 2 atom stereocenters. The van der Waals surface area contributed by atoms with Gasteiger partial charge in [-0.1, -0.05) is 27.7 Å². The molecule has 6 heteroatoms. The number of carboxylic acids is 1. The Morgan fingerprint density at radius 2 is 2.00 bits per heavy atom. The van der Waals surface area contributed by atoms with Crippen LogP contribution in [0.15, 0.2) is 0 Å². The first kappa shape index (κ1) is 17.8. The van der Waals surface area contributed by atoms with E-state index in [1.165, 1.54) is 0 Å². The number of urea groups is 1. The van der Waals surface area contributed by atoms with E-state index in [1.54, 1.807) is 4.90 Å². The van der Waals surface area contributed by atoms with Crippen molar-refractivity contribution in [3.05, 3.63) is 0 Å². The zero-order valence-corrected chi connectivity index (χ0v) is 13.7. The molecule has 0 radical (unpaired) electrons. The van der Waals surface area contributed by atoms with E-state index < -0.39 is 17.9 Å². The van der Waals surface area contributed by atoms with Crippen LogP contribution in [0.25, 0.3) is 0 Å². The number of carbonyl (C=O) groups is 2. The molecule has 1 fully saturated rings. The molecule has 2 amide bonds. The van der Waals surface area contributed by atoms with Crippen LogP contribution in [0.1, 0.15) is 34.6 Å². The number of hydrogen-bond donors (Lipinski definition) is 2. The second-order valence-corrected chi connectivity index (χ2v) is 6.64. The molecule has 0 aromatic heterocycles. The number of hydrogen-bond acceptors (Lipinski definition) is 3. The van der Waals surface area contributed by atoms with Crippen molar-refractivity contribution in [2.45, 2.75) is 40.7 Å². The van der Waals surface area contributed by atoms with Crippen molar-refractivity contribution in [3.8, 4) is 0 Å². The van der Waals surface area contributed by atoms with E-state index >= 15 is 0 Å². The van der Waals surface area contributed by atoms with Crippen LogP contribution in [-0.2, 0) is 9.53 Å². The Morgan fingerprint density at radius 3 is 2.48 bits per heavy atom. The van der Waals surface area contributed by atoms with Crippen LogP contribution < -0.4 is 5.32 Å². The third-order valence-electron chi connectivity index (χ3n) is 4.63. The van der Waals surface area contributed by atoms with Crippen LogP contribution in [0, 0.1) is 17.3 Å². The highest BCUT2D eigenvalue weighted by atomic mass is 16.5. The van der Waals surface area contributed by atoms with Gasteiger partial charge in [0.1, 0.15) is 5.92 Å². The van der Waals surface area contributed by atoms with Crippen molar-refractivity contribution in [2.24, 2.45) is 17.3 Å². The Labute approximate surface area is 126 Å². The number of ether oxygens (including phenoxy) is 1. The van der Waals surface area contributed by atoms with Crippen LogP contribution in [0.3, 0.4) is 0 Å². The summed E-state index contributed by atoms with van der Waals surface area (Å²) in [6.45, 7) is 11.8. The fraction of sp³-hybridized carbons (Fsp3) is 0.867. The molecule has 6 nitrogen and oxygen atoms in total. The van der Waals surface area contributed by atoms with Gasteiger partial charge in [0.15, 0.2) is 0 Å². The van der Waals surface area contributed by atoms with E-state index in [1.807, 2.05) is 6.92 Å². The summed E-state index contributed by atoms with van der Waals surface area (Å²) in [5.41, 5.74) is -0.00650. The first-order valence-corrected chi connectivity index (χ1v) is 7.55. The van der Waals surface area contributed by atoms with Gasteiger partial charge in [-0.3, -0.25) is 4.79 Å². The minimum absolute atomic E-state index is 0.00650. The van der Waals surface area contributed by atoms with Gasteiger partial charge in [0.25, 0.3) is 0 Å². The SMILES string of the molecule is CCN(C(=O)NCC(C)(C)C(C)C)C1COCC1C(=O)O. The largest absolute Gasteiger partial charge is 0.481 e. The van der Waals surface area contributed by atoms with E-state index in [4.69, 9.17) is 4.74 Å². The number of carbonyl (C=O) groups excluding carboxylic acids is 1. The molecular formula is C15H28N2O4. The van der Waals surface area contributed by atoms with Crippen molar-refractivity contribution in [2.75, 3.05) is 26.3 Å². The van der Waals surface area contributed by atoms with Gasteiger partial charge in [0, 0.05) is 13.1 Å². The highest BCUT2D eigenvalue weighted by molar-refractivity contribution is 5.77. The average molecular weight is 300 g/mol. The highest BCUT2D eigenvalue weighted by Gasteiger charge is 2.39. The second-order valence-electron chi connectivity index (χ2n) is 6.64. The summed E-state index contributed by atoms with van der Waals surface area (Å²) in [6, 6.07) is -0.609. The summed E-state index contributed by atoms with van der Waals surface area (Å²) in [6.07, 6.45) is 0. The van der Waals surface area contributed by atoms with Crippen LogP contribution in [-0.4, -0.2) is 54.4 Å². The highest BCUT2D eigenvalue weighted by Crippen LogP contribution is 2.25. The standard InChI is InChI=1S/C15H28N2O4/c1-6-17(12-8-21-7-11(12)13(18)19)14(20)16-9-15(4,5)10(2)3/h10-12H,6-9H2,1-5H3,(H,16,20)(H,18,19). The predicted molar refractivity (Wildman–Crippen MR) is 80.1 cm³/mol. The lowest BCUT2D eigenvalue weighted by molar-refractivity contribution is -0.142. The number of nitrogens with zero attached hydrogens (tertiary/aromatic N) is 1. The molecule has 122 valence electrons. The topological polar surface area (TPSA) is 78.9 Å². The zero-order chi connectivity index (χ0) is 16.2. The van der Waals surface area contributed by atoms with Gasteiger partial charge < -0.3 is 20.1 Å². The minimum Gasteiger partial charge on any atom is -0.481 e. The van der Waals surface area contributed by atoms with Gasteiger partial charge in [-0.15, -0.1) is 0 Å². The lowest BCUT2D eigenvalue weighted by Crippen LogP contribution is -2.52. The molecule has 2 unspecified atom stereocenters. The summed E-state index contributed by atoms with van der Waals surface area (Å²) in [5, 5.41) is 12.1. The molecule has 1 saturated heterocycles. The Kier molecular flexibility index (Phi) is 6.01. The van der Waals surface area contributed by atoms with Crippen molar-refractivity contribution in [3.63, 3.8) is 0 Å². The molecule has 2 N–H and O–H groups in total. The first-order valence-electron chi connectivity index (χ1n) is 7.55. The molecule has 0 aliphatic carbocycles. The molecule has 21 heavy (non-hydrogen) atoms. The van der Waals surface area contributed by atoms with Gasteiger partial charge in [-0.2, -0.15) is 0 Å². The average Bonchev–Trinajstić information content (AvgIpc) is 2.86. The van der Waals surface area contributed by atoms with Crippen molar-refractivity contribution >= 4 is 12.0 Å². The summed E-state index contributed by atoms with van der Waals surface area (Å²) in [5.74, 6) is -1.12. The lowest BCUT2D eigenvalue weighted by atomic mass is 9.81. The molecule has 0 aromatic rings. The molecule has 1 aliphatic heterocycles. The van der Waals surface area contributed by atoms with Gasteiger partial charge in [-0.25, -0.2) is 4.79 Å². The normalized spacial score (nSPS) is 22.4. The molecule has 1 rings (SSSR count). The van der Waals surface area contributed by atoms with E-state index in [2.05, 4.69) is 33.0 Å². The number of rotatable bonds is 6. The molecular weight excluding hydrogens is 272 g/mol. The fourth-order valence-corrected chi connectivity index (χ4v) is 2.22. The van der Waals surface area contributed by atoms with E-state index in [0.29, 0.717) is 19.0 Å². The van der Waals surface area contributed by atoms with Crippen LogP contribution >= 0.6 is 0 Å². The quantitative estimate of drug-likeness (QED) is 0.784. The third kappa shape index (κ3) is 4.33. The van der Waals surface area contributed by atoms with Gasteiger partial charge >= 0.3 is 12.0 Å². The Bertz CT molecular complexity index is 382. The smallest absolute Gasteiger partial charge is 0.317 e. The number of likely N-dealkylation sites (N-methyl/N-ethyl adjacent to an activating group) is 1. The number of aliphatic carboxylic acids is 1. The van der Waals surface area contributed by atoms with Gasteiger partial charge in [0.2, 0.25) is 0 Å². The Balaban J connectivity index is 2.67. The maximum atomic E-state index is 12.4. The monoisotopic (exact) mass is 300 g/mol. The van der Waals surface area contributed by atoms with Gasteiger partial charge in [-0.05, 0) is 18.3 Å². The van der Waals surface area contributed by atoms with Crippen molar-refractivity contribution < 1.29 is 19.4 Å². The summed E-state index contributed by atoms with van der Waals surface area (Å²) in [7, 11) is 0. The maximum absolute atomic E-state index is 12.4. The zero-order valence-electron chi connectivity index (χ0n) is 13.7. The third-order valence-corrected chi connectivity index (χ3v) is 4.63. The van der Waals surface area contributed by atoms with E-state index in [-0.39, 0.29) is 24.7 Å². The molecule has 0 aromatic carbocycles. The first-order chi connectivity index (χ1) is 9.70. The fourth-order valence-electron chi connectivity index (χ4n) is 2.22. The molecule has 0 spiro atoms.